The van der Waals surface area contributed by atoms with Gasteiger partial charge in [0.05, 0.1) is 29.2 Å². The molecule has 0 spiro atoms. The maximum Gasteiger partial charge on any atom is 0.266 e. The number of benzene rings is 2. The predicted octanol–water partition coefficient (Wildman–Crippen LogP) is 7.42. The number of anilines is 1. The molecule has 0 amide bonds. The summed E-state index contributed by atoms with van der Waals surface area (Å²) in [6, 6.07) is 15.7. The Hall–Kier alpha value is -3.97. The molecule has 0 fully saturated rings. The number of hydrogen-bond acceptors (Lipinski definition) is 6. The molecule has 202 valence electrons. The van der Waals surface area contributed by atoms with Crippen molar-refractivity contribution in [3.8, 4) is 33.3 Å². The van der Waals surface area contributed by atoms with Gasteiger partial charge in [0.15, 0.2) is 6.29 Å². The van der Waals surface area contributed by atoms with Crippen LogP contribution in [0.1, 0.15) is 56.2 Å². The lowest BCUT2D eigenvalue weighted by molar-refractivity contribution is 0.112. The summed E-state index contributed by atoms with van der Waals surface area (Å²) in [6.45, 7) is 14.1. The van der Waals surface area contributed by atoms with Crippen molar-refractivity contribution in [2.45, 2.75) is 41.5 Å². The molecule has 0 N–H and O–H groups in total. The van der Waals surface area contributed by atoms with Crippen molar-refractivity contribution in [3.63, 3.8) is 0 Å². The van der Waals surface area contributed by atoms with E-state index < -0.39 is 0 Å². The lowest BCUT2D eigenvalue weighted by Gasteiger charge is -2.24. The van der Waals surface area contributed by atoms with Gasteiger partial charge in [-0.1, -0.05) is 35.4 Å². The maximum absolute atomic E-state index is 14.3. The third-order valence-electron chi connectivity index (χ3n) is 6.52. The van der Waals surface area contributed by atoms with Gasteiger partial charge in [-0.05, 0) is 71.9 Å². The zero-order chi connectivity index (χ0) is 28.1. The van der Waals surface area contributed by atoms with Crippen molar-refractivity contribution < 1.29 is 9.53 Å². The number of pyridine rings is 1. The van der Waals surface area contributed by atoms with E-state index in [-0.39, 0.29) is 5.56 Å². The van der Waals surface area contributed by atoms with Gasteiger partial charge < -0.3 is 9.64 Å². The Balaban J connectivity index is 2.02. The van der Waals surface area contributed by atoms with Gasteiger partial charge in [0, 0.05) is 35.3 Å². The molecule has 0 saturated carbocycles. The Kier molecular flexibility index (Phi) is 8.82. The Morgan fingerprint density at radius 1 is 1.05 bits per heavy atom. The normalized spacial score (nSPS) is 10.8. The molecule has 4 rings (SSSR count). The Labute approximate surface area is 234 Å². The first-order valence-corrected chi connectivity index (χ1v) is 14.1. The number of thiazole rings is 1. The Bertz CT molecular complexity index is 1560. The third-order valence-corrected chi connectivity index (χ3v) is 7.39. The van der Waals surface area contributed by atoms with Crippen LogP contribution in [-0.2, 0) is 0 Å². The zero-order valence-electron chi connectivity index (χ0n) is 23.4. The smallest absolute Gasteiger partial charge is 0.266 e. The van der Waals surface area contributed by atoms with Crippen LogP contribution >= 0.6 is 11.3 Å². The summed E-state index contributed by atoms with van der Waals surface area (Å²) in [5, 5.41) is 2.51. The lowest BCUT2D eigenvalue weighted by atomic mass is 10.1. The molecule has 2 heterocycles. The number of aryl methyl sites for hydroxylation is 1. The Morgan fingerprint density at radius 3 is 2.38 bits per heavy atom. The first-order chi connectivity index (χ1) is 18.8. The van der Waals surface area contributed by atoms with Gasteiger partial charge in [-0.15, -0.1) is 11.3 Å². The van der Waals surface area contributed by atoms with Gasteiger partial charge in [-0.25, -0.2) is 4.98 Å². The summed E-state index contributed by atoms with van der Waals surface area (Å²) in [6.07, 6.45) is 2.67. The molecule has 0 aliphatic heterocycles. The SMILES string of the molecule is CCOc1ccc(N(CC)CC)cc1-n1c(C=C(C)C)c(C=O)cc(-c2nc(-c3ccc(C)cc3)cs2)c1=O. The predicted molar refractivity (Wildman–Crippen MR) is 163 cm³/mol. The summed E-state index contributed by atoms with van der Waals surface area (Å²) in [7, 11) is 0. The molecule has 0 aliphatic carbocycles. The van der Waals surface area contributed by atoms with E-state index in [1.807, 2.05) is 81.6 Å². The third kappa shape index (κ3) is 5.88. The molecule has 0 radical (unpaired) electrons. The first kappa shape index (κ1) is 28.0. The number of rotatable bonds is 10. The maximum atomic E-state index is 14.3. The molecule has 7 heteroatoms. The van der Waals surface area contributed by atoms with Crippen LogP contribution in [0.25, 0.3) is 33.6 Å². The standard InChI is InChI=1S/C32H35N3O3S/c1-7-34(8-2)25-14-15-30(38-9-3)29(18-25)35-28(16-21(4)5)24(19-36)17-26(32(35)37)31-33-27(20-39-31)23-12-10-22(6)11-13-23/h10-20H,7-9H2,1-6H3. The second-order valence-electron chi connectivity index (χ2n) is 9.54. The second kappa shape index (κ2) is 12.3. The minimum Gasteiger partial charge on any atom is -0.492 e. The van der Waals surface area contributed by atoms with Crippen LogP contribution in [0, 0.1) is 6.92 Å². The summed E-state index contributed by atoms with van der Waals surface area (Å²) < 4.78 is 7.61. The quantitative estimate of drug-likeness (QED) is 0.196. The van der Waals surface area contributed by atoms with E-state index in [1.54, 1.807) is 10.6 Å². The summed E-state index contributed by atoms with van der Waals surface area (Å²) >= 11 is 1.39. The van der Waals surface area contributed by atoms with Crippen LogP contribution in [0.3, 0.4) is 0 Å². The summed E-state index contributed by atoms with van der Waals surface area (Å²) in [5.74, 6) is 0.576. The molecule has 2 aromatic carbocycles. The number of allylic oxidation sites excluding steroid dienone is 1. The van der Waals surface area contributed by atoms with Crippen molar-refractivity contribution in [3.05, 3.63) is 86.7 Å². The highest BCUT2D eigenvalue weighted by Gasteiger charge is 2.21. The van der Waals surface area contributed by atoms with Gasteiger partial charge in [-0.3, -0.25) is 14.2 Å². The van der Waals surface area contributed by atoms with E-state index in [9.17, 15) is 9.59 Å². The van der Waals surface area contributed by atoms with Crippen LogP contribution in [0.4, 0.5) is 5.69 Å². The van der Waals surface area contributed by atoms with E-state index in [0.717, 1.165) is 41.9 Å². The molecule has 0 unspecified atom stereocenters. The van der Waals surface area contributed by atoms with E-state index in [0.29, 0.717) is 39.9 Å². The second-order valence-corrected chi connectivity index (χ2v) is 10.4. The number of aromatic nitrogens is 2. The number of nitrogens with zero attached hydrogens (tertiary/aromatic N) is 3. The highest BCUT2D eigenvalue weighted by atomic mass is 32.1. The monoisotopic (exact) mass is 541 g/mol. The molecule has 4 aromatic rings. The van der Waals surface area contributed by atoms with Crippen molar-refractivity contribution in [1.29, 1.82) is 0 Å². The van der Waals surface area contributed by atoms with E-state index in [2.05, 4.69) is 18.7 Å². The zero-order valence-corrected chi connectivity index (χ0v) is 24.3. The van der Waals surface area contributed by atoms with Crippen LogP contribution in [-0.4, -0.2) is 35.5 Å². The van der Waals surface area contributed by atoms with Crippen LogP contribution in [0.15, 0.2) is 64.3 Å². The van der Waals surface area contributed by atoms with Gasteiger partial charge in [0.1, 0.15) is 10.8 Å². The number of ether oxygens (including phenoxy) is 1. The number of aldehydes is 1. The van der Waals surface area contributed by atoms with Crippen molar-refractivity contribution in [1.82, 2.24) is 9.55 Å². The van der Waals surface area contributed by atoms with Gasteiger partial charge in [0.2, 0.25) is 0 Å². The highest BCUT2D eigenvalue weighted by molar-refractivity contribution is 7.13. The topological polar surface area (TPSA) is 64.4 Å². The van der Waals surface area contributed by atoms with Crippen molar-refractivity contribution in [2.24, 2.45) is 0 Å². The average Bonchev–Trinajstić information content (AvgIpc) is 3.41. The largest absolute Gasteiger partial charge is 0.492 e. The Morgan fingerprint density at radius 2 is 1.77 bits per heavy atom. The molecule has 0 bridgehead atoms. The fourth-order valence-electron chi connectivity index (χ4n) is 4.56. The minimum absolute atomic E-state index is 0.254. The molecule has 0 atom stereocenters. The van der Waals surface area contributed by atoms with Crippen LogP contribution in [0.5, 0.6) is 5.75 Å². The first-order valence-electron chi connectivity index (χ1n) is 13.3. The molecule has 0 aliphatic rings. The van der Waals surface area contributed by atoms with E-state index in [4.69, 9.17) is 9.72 Å². The van der Waals surface area contributed by atoms with Crippen molar-refractivity contribution >= 4 is 29.4 Å². The van der Waals surface area contributed by atoms with Crippen molar-refractivity contribution in [2.75, 3.05) is 24.6 Å². The molecule has 6 nitrogen and oxygen atoms in total. The molecule has 0 saturated heterocycles. The number of hydrogen-bond donors (Lipinski definition) is 0. The fourth-order valence-corrected chi connectivity index (χ4v) is 5.39. The van der Waals surface area contributed by atoms with E-state index >= 15 is 0 Å². The lowest BCUT2D eigenvalue weighted by Crippen LogP contribution is -2.26. The number of carbonyl (C=O) groups excluding carboxylic acids is 1. The summed E-state index contributed by atoms with van der Waals surface area (Å²) in [5.41, 5.74) is 6.53. The van der Waals surface area contributed by atoms with Gasteiger partial charge >= 0.3 is 0 Å². The minimum atomic E-state index is -0.254. The van der Waals surface area contributed by atoms with Gasteiger partial charge in [-0.2, -0.15) is 0 Å². The van der Waals surface area contributed by atoms with E-state index in [1.165, 1.54) is 16.9 Å². The molecule has 2 aromatic heterocycles. The molecule has 39 heavy (non-hydrogen) atoms. The molecular formula is C32H35N3O3S. The molecular weight excluding hydrogens is 506 g/mol. The summed E-state index contributed by atoms with van der Waals surface area (Å²) in [4.78, 5) is 33.8. The number of carbonyl (C=O) groups is 1. The fraction of sp³-hybridized carbons (Fsp3) is 0.281. The highest BCUT2D eigenvalue weighted by Crippen LogP contribution is 2.33. The average molecular weight is 542 g/mol. The van der Waals surface area contributed by atoms with Gasteiger partial charge in [0.25, 0.3) is 5.56 Å². The van der Waals surface area contributed by atoms with Crippen LogP contribution < -0.4 is 15.2 Å². The van der Waals surface area contributed by atoms with Crippen LogP contribution in [0.2, 0.25) is 0 Å².